The van der Waals surface area contributed by atoms with Crippen LogP contribution in [0.2, 0.25) is 0 Å². The predicted octanol–water partition coefficient (Wildman–Crippen LogP) is 3.02. The Morgan fingerprint density at radius 3 is 2.57 bits per heavy atom. The highest BCUT2D eigenvalue weighted by Gasteiger charge is 2.34. The molecule has 0 spiro atoms. The maximum Gasteiger partial charge on any atom is 0.416 e. The summed E-state index contributed by atoms with van der Waals surface area (Å²) in [6, 6.07) is 4.95. The molecule has 0 fully saturated rings. The summed E-state index contributed by atoms with van der Waals surface area (Å²) in [5.41, 5.74) is -0.285. The Labute approximate surface area is 134 Å². The Morgan fingerprint density at radius 2 is 1.96 bits per heavy atom. The van der Waals surface area contributed by atoms with Crippen LogP contribution < -0.4 is 10.6 Å². The van der Waals surface area contributed by atoms with Gasteiger partial charge in [0.1, 0.15) is 0 Å². The van der Waals surface area contributed by atoms with Crippen LogP contribution >= 0.6 is 0 Å². The van der Waals surface area contributed by atoms with Gasteiger partial charge < -0.3 is 10.6 Å². The van der Waals surface area contributed by atoms with Gasteiger partial charge in [-0.25, -0.2) is 0 Å². The zero-order valence-corrected chi connectivity index (χ0v) is 13.3. The monoisotopic (exact) mass is 326 g/mol. The van der Waals surface area contributed by atoms with Crippen molar-refractivity contribution < 1.29 is 18.0 Å². The number of carbonyl (C=O) groups is 1. The zero-order chi connectivity index (χ0) is 17.1. The summed E-state index contributed by atoms with van der Waals surface area (Å²) in [6.07, 6.45) is -1.52. The molecule has 1 aliphatic heterocycles. The largest absolute Gasteiger partial charge is 0.416 e. The van der Waals surface area contributed by atoms with Crippen molar-refractivity contribution in [3.8, 4) is 0 Å². The van der Waals surface area contributed by atoms with Crippen molar-refractivity contribution in [3.63, 3.8) is 0 Å². The topological polar surface area (TPSA) is 41.1 Å². The second-order valence-corrected chi connectivity index (χ2v) is 6.20. The molecule has 2 N–H and O–H groups in total. The zero-order valence-electron chi connectivity index (χ0n) is 13.3. The van der Waals surface area contributed by atoms with E-state index in [9.17, 15) is 18.0 Å². The fourth-order valence-electron chi connectivity index (χ4n) is 2.46. The molecule has 0 unspecified atom stereocenters. The first-order valence-electron chi connectivity index (χ1n) is 7.56. The highest BCUT2D eigenvalue weighted by Crippen LogP contribution is 2.32. The number of rotatable bonds is 4. The van der Waals surface area contributed by atoms with Gasteiger partial charge in [-0.1, -0.05) is 29.8 Å². The van der Waals surface area contributed by atoms with Gasteiger partial charge in [0.25, 0.3) is 0 Å². The third-order valence-corrected chi connectivity index (χ3v) is 4.11. The number of benzene rings is 1. The number of hydrogen-bond donors (Lipinski definition) is 2. The lowest BCUT2D eigenvalue weighted by Gasteiger charge is -2.26. The van der Waals surface area contributed by atoms with Gasteiger partial charge in [-0.15, -0.1) is 0 Å². The van der Waals surface area contributed by atoms with Gasteiger partial charge in [-0.3, -0.25) is 4.79 Å². The van der Waals surface area contributed by atoms with E-state index in [1.165, 1.54) is 6.07 Å². The number of alkyl halides is 3. The van der Waals surface area contributed by atoms with E-state index in [1.807, 2.05) is 6.08 Å². The number of halogens is 3. The van der Waals surface area contributed by atoms with Gasteiger partial charge >= 0.3 is 6.18 Å². The Bertz CT molecular complexity index is 606. The van der Waals surface area contributed by atoms with E-state index in [-0.39, 0.29) is 5.91 Å². The van der Waals surface area contributed by atoms with Gasteiger partial charge in [-0.05, 0) is 38.4 Å². The van der Waals surface area contributed by atoms with Gasteiger partial charge in [0, 0.05) is 13.1 Å². The Morgan fingerprint density at radius 1 is 1.26 bits per heavy atom. The summed E-state index contributed by atoms with van der Waals surface area (Å²) in [6.45, 7) is 5.35. The van der Waals surface area contributed by atoms with Crippen LogP contribution in [0.15, 0.2) is 35.9 Å². The van der Waals surface area contributed by atoms with Gasteiger partial charge in [0.05, 0.1) is 11.0 Å². The molecular weight excluding hydrogens is 305 g/mol. The van der Waals surface area contributed by atoms with Crippen LogP contribution in [0.25, 0.3) is 0 Å². The van der Waals surface area contributed by atoms with E-state index in [0.29, 0.717) is 12.1 Å². The first-order valence-corrected chi connectivity index (χ1v) is 7.56. The standard InChI is InChI=1S/C17H21F3N2O/c1-16(2,13-4-3-5-14(10-13)17(18,19)20)15(23)22-11-12-6-8-21-9-7-12/h3-6,10,21H,7-9,11H2,1-2H3,(H,22,23). The molecule has 23 heavy (non-hydrogen) atoms. The number of hydrogen-bond acceptors (Lipinski definition) is 2. The molecule has 1 amide bonds. The summed E-state index contributed by atoms with van der Waals surface area (Å²) in [7, 11) is 0. The highest BCUT2D eigenvalue weighted by molar-refractivity contribution is 5.87. The fraction of sp³-hybridized carbons (Fsp3) is 0.471. The van der Waals surface area contributed by atoms with E-state index in [2.05, 4.69) is 10.6 Å². The van der Waals surface area contributed by atoms with Crippen molar-refractivity contribution >= 4 is 5.91 Å². The first kappa shape index (κ1) is 17.5. The second kappa shape index (κ2) is 6.74. The van der Waals surface area contributed by atoms with Crippen LogP contribution in [0.1, 0.15) is 31.4 Å². The molecule has 0 aliphatic carbocycles. The van der Waals surface area contributed by atoms with E-state index in [0.717, 1.165) is 37.2 Å². The van der Waals surface area contributed by atoms with Crippen LogP contribution in [0.4, 0.5) is 13.2 Å². The molecule has 126 valence electrons. The Balaban J connectivity index is 2.10. The Kier molecular flexibility index (Phi) is 5.14. The lowest BCUT2D eigenvalue weighted by atomic mass is 9.83. The molecule has 2 rings (SSSR count). The van der Waals surface area contributed by atoms with Crippen molar-refractivity contribution in [2.45, 2.75) is 31.9 Å². The van der Waals surface area contributed by atoms with Crippen molar-refractivity contribution in [1.29, 1.82) is 0 Å². The second-order valence-electron chi connectivity index (χ2n) is 6.20. The maximum atomic E-state index is 12.8. The lowest BCUT2D eigenvalue weighted by Crippen LogP contribution is -2.41. The highest BCUT2D eigenvalue weighted by atomic mass is 19.4. The maximum absolute atomic E-state index is 12.8. The molecule has 0 atom stereocenters. The predicted molar refractivity (Wildman–Crippen MR) is 83.0 cm³/mol. The lowest BCUT2D eigenvalue weighted by molar-refractivity contribution is -0.137. The normalized spacial score (nSPS) is 16.0. The summed E-state index contributed by atoms with van der Waals surface area (Å²) < 4.78 is 38.5. The summed E-state index contributed by atoms with van der Waals surface area (Å²) >= 11 is 0. The minimum Gasteiger partial charge on any atom is -0.352 e. The van der Waals surface area contributed by atoms with Gasteiger partial charge in [0.15, 0.2) is 0 Å². The van der Waals surface area contributed by atoms with Crippen LogP contribution in [0.3, 0.4) is 0 Å². The average Bonchev–Trinajstić information content (AvgIpc) is 2.53. The van der Waals surface area contributed by atoms with Crippen molar-refractivity contribution in [2.24, 2.45) is 0 Å². The molecule has 0 aromatic heterocycles. The minimum absolute atomic E-state index is 0.281. The first-order chi connectivity index (χ1) is 10.7. The molecule has 0 saturated carbocycles. The Hall–Kier alpha value is -1.82. The van der Waals surface area contributed by atoms with Gasteiger partial charge in [0.2, 0.25) is 5.91 Å². The molecule has 1 heterocycles. The van der Waals surface area contributed by atoms with Crippen molar-refractivity contribution in [1.82, 2.24) is 10.6 Å². The van der Waals surface area contributed by atoms with E-state index in [1.54, 1.807) is 19.9 Å². The van der Waals surface area contributed by atoms with Crippen LogP contribution in [0, 0.1) is 0 Å². The minimum atomic E-state index is -4.41. The van der Waals surface area contributed by atoms with E-state index >= 15 is 0 Å². The SMILES string of the molecule is CC(C)(C(=O)NCC1=CCNCC1)c1cccc(C(F)(F)F)c1. The summed E-state index contributed by atoms with van der Waals surface area (Å²) in [4.78, 5) is 12.4. The third-order valence-electron chi connectivity index (χ3n) is 4.11. The van der Waals surface area contributed by atoms with Crippen LogP contribution in [-0.4, -0.2) is 25.5 Å². The third kappa shape index (κ3) is 4.34. The fourth-order valence-corrected chi connectivity index (χ4v) is 2.46. The summed E-state index contributed by atoms with van der Waals surface area (Å²) in [5, 5.41) is 6.02. The van der Waals surface area contributed by atoms with Crippen LogP contribution in [-0.2, 0) is 16.4 Å². The van der Waals surface area contributed by atoms with Crippen LogP contribution in [0.5, 0.6) is 0 Å². The van der Waals surface area contributed by atoms with Crippen molar-refractivity contribution in [3.05, 3.63) is 47.0 Å². The molecule has 1 aliphatic rings. The molecule has 1 aromatic carbocycles. The molecule has 6 heteroatoms. The molecule has 0 bridgehead atoms. The van der Waals surface area contributed by atoms with Gasteiger partial charge in [-0.2, -0.15) is 13.2 Å². The molecule has 0 radical (unpaired) electrons. The van der Waals surface area contributed by atoms with E-state index < -0.39 is 17.2 Å². The molecule has 1 aromatic rings. The van der Waals surface area contributed by atoms with E-state index in [4.69, 9.17) is 0 Å². The molecular formula is C17H21F3N2O. The quantitative estimate of drug-likeness (QED) is 0.835. The molecule has 3 nitrogen and oxygen atoms in total. The van der Waals surface area contributed by atoms with Crippen molar-refractivity contribution in [2.75, 3.05) is 19.6 Å². The molecule has 0 saturated heterocycles. The summed E-state index contributed by atoms with van der Waals surface area (Å²) in [5.74, 6) is -0.281. The number of amides is 1. The average molecular weight is 326 g/mol. The smallest absolute Gasteiger partial charge is 0.352 e. The number of nitrogens with one attached hydrogen (secondary N) is 2. The number of carbonyl (C=O) groups excluding carboxylic acids is 1.